The first-order chi connectivity index (χ1) is 8.56. The molecule has 0 aromatic carbocycles. The molecule has 9 heteroatoms. The summed E-state index contributed by atoms with van der Waals surface area (Å²) < 4.78 is 5.16. The van der Waals surface area contributed by atoms with Crippen LogP contribution in [0.1, 0.15) is 16.3 Å². The molecule has 2 aromatic rings. The van der Waals surface area contributed by atoms with E-state index in [1.54, 1.807) is 0 Å². The van der Waals surface area contributed by atoms with Crippen LogP contribution in [0.3, 0.4) is 0 Å². The second-order valence-electron chi connectivity index (χ2n) is 3.34. The molecule has 2 heterocycles. The molecule has 0 spiro atoms. The van der Waals surface area contributed by atoms with Gasteiger partial charge in [0.25, 0.3) is 0 Å². The molecule has 0 aliphatic rings. The topological polar surface area (TPSA) is 76.0 Å². The minimum absolute atomic E-state index is 0.0169. The van der Waals surface area contributed by atoms with Crippen LogP contribution in [0.15, 0.2) is 4.34 Å². The molecule has 0 saturated carbocycles. The molecule has 5 nitrogen and oxygen atoms in total. The quantitative estimate of drug-likeness (QED) is 0.853. The Morgan fingerprint density at radius 2 is 2.33 bits per heavy atom. The van der Waals surface area contributed by atoms with Gasteiger partial charge in [-0.05, 0) is 6.92 Å². The van der Waals surface area contributed by atoms with Crippen molar-refractivity contribution in [3.8, 4) is 0 Å². The monoisotopic (exact) mass is 321 g/mol. The summed E-state index contributed by atoms with van der Waals surface area (Å²) in [5.74, 6) is -0.250. The molecule has 18 heavy (non-hydrogen) atoms. The highest BCUT2D eigenvalue weighted by Crippen LogP contribution is 2.31. The summed E-state index contributed by atoms with van der Waals surface area (Å²) >= 11 is 9.94. The predicted molar refractivity (Wildman–Crippen MR) is 72.7 cm³/mol. The summed E-state index contributed by atoms with van der Waals surface area (Å²) in [4.78, 5) is 15.8. The van der Waals surface area contributed by atoms with Gasteiger partial charge in [-0.2, -0.15) is 0 Å². The molecule has 0 amide bonds. The number of carbonyl (C=O) groups is 1. The zero-order valence-corrected chi connectivity index (χ0v) is 12.4. The lowest BCUT2D eigenvalue weighted by Crippen LogP contribution is -1.99. The van der Waals surface area contributed by atoms with Crippen LogP contribution in [0.4, 0.5) is 0 Å². The van der Waals surface area contributed by atoms with E-state index in [9.17, 15) is 4.79 Å². The number of nitrogens with zero attached hydrogens (tertiary/aromatic N) is 3. The first-order valence-electron chi connectivity index (χ1n) is 4.84. The minimum Gasteiger partial charge on any atom is -0.481 e. The van der Waals surface area contributed by atoms with Crippen molar-refractivity contribution in [2.24, 2.45) is 0 Å². The molecule has 0 saturated heterocycles. The Balaban J connectivity index is 2.02. The van der Waals surface area contributed by atoms with E-state index in [-0.39, 0.29) is 6.42 Å². The van der Waals surface area contributed by atoms with E-state index >= 15 is 0 Å². The van der Waals surface area contributed by atoms with Crippen molar-refractivity contribution in [2.45, 2.75) is 23.4 Å². The van der Waals surface area contributed by atoms with Crippen molar-refractivity contribution in [1.29, 1.82) is 0 Å². The Bertz CT molecular complexity index is 569. The minimum atomic E-state index is -0.843. The van der Waals surface area contributed by atoms with E-state index in [4.69, 9.17) is 16.7 Å². The van der Waals surface area contributed by atoms with Gasteiger partial charge in [-0.15, -0.1) is 16.4 Å². The molecular weight excluding hydrogens is 314 g/mol. The third kappa shape index (κ3) is 3.41. The van der Waals surface area contributed by atoms with E-state index in [1.165, 1.54) is 23.1 Å². The van der Waals surface area contributed by atoms with Gasteiger partial charge >= 0.3 is 5.97 Å². The van der Waals surface area contributed by atoms with Crippen molar-refractivity contribution in [1.82, 2.24) is 14.6 Å². The zero-order chi connectivity index (χ0) is 13.1. The summed E-state index contributed by atoms with van der Waals surface area (Å²) in [5, 5.41) is 12.7. The van der Waals surface area contributed by atoms with E-state index < -0.39 is 5.97 Å². The van der Waals surface area contributed by atoms with Gasteiger partial charge in [0.2, 0.25) is 0 Å². The Hall–Kier alpha value is -0.700. The number of carboxylic acid groups (broad SMARTS) is 1. The van der Waals surface area contributed by atoms with Gasteiger partial charge in [0, 0.05) is 22.2 Å². The average Bonchev–Trinajstić information content (AvgIpc) is 2.83. The summed E-state index contributed by atoms with van der Waals surface area (Å²) in [5.41, 5.74) is 1.51. The smallest absolute Gasteiger partial charge is 0.308 e. The number of aliphatic carboxylic acids is 1. The van der Waals surface area contributed by atoms with Crippen LogP contribution in [-0.2, 0) is 17.0 Å². The van der Waals surface area contributed by atoms with Crippen LogP contribution in [-0.4, -0.2) is 25.6 Å². The Morgan fingerprint density at radius 1 is 1.56 bits per heavy atom. The van der Waals surface area contributed by atoms with Crippen LogP contribution >= 0.6 is 46.2 Å². The molecule has 0 fully saturated rings. The maximum Gasteiger partial charge on any atom is 0.308 e. The second-order valence-corrected chi connectivity index (χ2v) is 7.00. The molecule has 0 aliphatic carbocycles. The van der Waals surface area contributed by atoms with Crippen LogP contribution in [0, 0.1) is 6.92 Å². The maximum absolute atomic E-state index is 10.7. The fourth-order valence-corrected chi connectivity index (χ4v) is 4.14. The van der Waals surface area contributed by atoms with Gasteiger partial charge < -0.3 is 5.11 Å². The first kappa shape index (κ1) is 13.7. The molecule has 1 N–H and O–H groups in total. The fraction of sp³-hybridized carbons (Fsp3) is 0.333. The average molecular weight is 322 g/mol. The third-order valence-electron chi connectivity index (χ3n) is 2.03. The summed E-state index contributed by atoms with van der Waals surface area (Å²) in [6.07, 6.45) is 0.0169. The van der Waals surface area contributed by atoms with E-state index in [2.05, 4.69) is 14.6 Å². The number of thiazole rings is 1. The van der Waals surface area contributed by atoms with Gasteiger partial charge in [-0.25, -0.2) is 4.98 Å². The number of thioether (sulfide) groups is 1. The van der Waals surface area contributed by atoms with E-state index in [1.807, 2.05) is 6.92 Å². The number of hydrogen-bond acceptors (Lipinski definition) is 7. The largest absolute Gasteiger partial charge is 0.481 e. The highest BCUT2D eigenvalue weighted by molar-refractivity contribution is 8.00. The molecule has 0 radical (unpaired) electrons. The standard InChI is InChI=1S/C9H8ClN3O2S3/c1-4-6(2-7(14)15)17-9(11-4)16-3-5-8(10)18-13-12-5/h2-3H2,1H3,(H,14,15). The maximum atomic E-state index is 10.7. The van der Waals surface area contributed by atoms with Gasteiger partial charge in [0.1, 0.15) is 10.0 Å². The van der Waals surface area contributed by atoms with Crippen molar-refractivity contribution in [3.05, 3.63) is 20.6 Å². The van der Waals surface area contributed by atoms with Crippen molar-refractivity contribution in [2.75, 3.05) is 0 Å². The lowest BCUT2D eigenvalue weighted by Gasteiger charge is -1.92. The molecular formula is C9H8ClN3O2S3. The number of carboxylic acids is 1. The molecule has 2 aromatic heterocycles. The van der Waals surface area contributed by atoms with Gasteiger partial charge in [-0.1, -0.05) is 27.9 Å². The van der Waals surface area contributed by atoms with Crippen LogP contribution in [0.25, 0.3) is 0 Å². The van der Waals surface area contributed by atoms with Crippen molar-refractivity contribution in [3.63, 3.8) is 0 Å². The highest BCUT2D eigenvalue weighted by Gasteiger charge is 2.13. The molecule has 96 valence electrons. The van der Waals surface area contributed by atoms with Crippen LogP contribution < -0.4 is 0 Å². The molecule has 0 atom stereocenters. The normalized spacial score (nSPS) is 10.8. The number of aryl methyl sites for hydroxylation is 1. The predicted octanol–water partition coefficient (Wildman–Crippen LogP) is 2.88. The van der Waals surface area contributed by atoms with E-state index in [0.717, 1.165) is 32.1 Å². The Labute approximate surface area is 120 Å². The molecule has 0 aliphatic heterocycles. The molecule has 0 bridgehead atoms. The first-order valence-corrected chi connectivity index (χ1v) is 7.79. The molecule has 0 unspecified atom stereocenters. The van der Waals surface area contributed by atoms with Gasteiger partial charge in [0.15, 0.2) is 4.34 Å². The highest BCUT2D eigenvalue weighted by atomic mass is 35.5. The summed E-state index contributed by atoms with van der Waals surface area (Å²) in [6, 6.07) is 0. The van der Waals surface area contributed by atoms with Gasteiger partial charge in [-0.3, -0.25) is 4.79 Å². The van der Waals surface area contributed by atoms with Crippen molar-refractivity contribution < 1.29 is 9.90 Å². The SMILES string of the molecule is Cc1nc(SCc2nnsc2Cl)sc1CC(=O)O. The lowest BCUT2D eigenvalue weighted by molar-refractivity contribution is -0.136. The van der Waals surface area contributed by atoms with Crippen LogP contribution in [0.5, 0.6) is 0 Å². The Kier molecular flexibility index (Phi) is 4.55. The number of hydrogen-bond donors (Lipinski definition) is 1. The fourth-order valence-electron chi connectivity index (χ4n) is 1.18. The summed E-state index contributed by atoms with van der Waals surface area (Å²) in [6.45, 7) is 1.82. The second kappa shape index (κ2) is 5.96. The molecule has 2 rings (SSSR count). The van der Waals surface area contributed by atoms with E-state index in [0.29, 0.717) is 10.1 Å². The number of halogens is 1. The number of rotatable bonds is 5. The summed E-state index contributed by atoms with van der Waals surface area (Å²) in [7, 11) is 0. The Morgan fingerprint density at radius 3 is 2.94 bits per heavy atom. The third-order valence-corrected chi connectivity index (χ3v) is 5.32. The van der Waals surface area contributed by atoms with Crippen LogP contribution in [0.2, 0.25) is 4.34 Å². The lowest BCUT2D eigenvalue weighted by atomic mass is 10.3. The van der Waals surface area contributed by atoms with Crippen molar-refractivity contribution >= 4 is 52.2 Å². The van der Waals surface area contributed by atoms with Gasteiger partial charge in [0.05, 0.1) is 12.1 Å². The zero-order valence-electron chi connectivity index (χ0n) is 9.21. The number of aromatic nitrogens is 3.